The molecule has 1 unspecified atom stereocenters. The molecule has 4 N–H and O–H groups in total. The zero-order chi connectivity index (χ0) is 14.5. The highest BCUT2D eigenvalue weighted by Gasteiger charge is 2.13. The van der Waals surface area contributed by atoms with Crippen molar-refractivity contribution >= 4 is 17.6 Å². The Morgan fingerprint density at radius 2 is 1.90 bits per heavy atom. The molecule has 0 spiro atoms. The van der Waals surface area contributed by atoms with Crippen LogP contribution in [-0.2, 0) is 0 Å². The summed E-state index contributed by atoms with van der Waals surface area (Å²) in [5.41, 5.74) is 6.53. The van der Waals surface area contributed by atoms with Gasteiger partial charge in [-0.05, 0) is 36.8 Å². The summed E-state index contributed by atoms with van der Waals surface area (Å²) in [4.78, 5) is 22.5. The van der Waals surface area contributed by atoms with Crippen molar-refractivity contribution in [3.63, 3.8) is 0 Å². The molecule has 1 aromatic heterocycles. The third-order valence-corrected chi connectivity index (χ3v) is 2.77. The van der Waals surface area contributed by atoms with Gasteiger partial charge in [0.05, 0.1) is 12.3 Å². The summed E-state index contributed by atoms with van der Waals surface area (Å²) in [5.74, 6) is -0.00861. The summed E-state index contributed by atoms with van der Waals surface area (Å²) < 4.78 is 5.02. The first-order chi connectivity index (χ1) is 9.56. The van der Waals surface area contributed by atoms with E-state index >= 15 is 0 Å². The zero-order valence-electron chi connectivity index (χ0n) is 10.9. The molecule has 0 saturated carbocycles. The van der Waals surface area contributed by atoms with Crippen molar-refractivity contribution in [2.24, 2.45) is 5.73 Å². The monoisotopic (exact) mass is 273 g/mol. The van der Waals surface area contributed by atoms with Crippen LogP contribution in [0.2, 0.25) is 0 Å². The van der Waals surface area contributed by atoms with E-state index in [9.17, 15) is 9.59 Å². The van der Waals surface area contributed by atoms with E-state index in [-0.39, 0.29) is 17.7 Å². The number of hydrogen-bond donors (Lipinski definition) is 3. The lowest BCUT2D eigenvalue weighted by Crippen LogP contribution is -2.26. The quantitative estimate of drug-likeness (QED) is 0.797. The number of rotatable bonds is 4. The first kappa shape index (κ1) is 13.7. The van der Waals surface area contributed by atoms with Gasteiger partial charge in [-0.25, -0.2) is 4.79 Å². The van der Waals surface area contributed by atoms with Crippen LogP contribution in [0.1, 0.15) is 29.1 Å². The van der Waals surface area contributed by atoms with E-state index < -0.39 is 6.03 Å². The van der Waals surface area contributed by atoms with E-state index in [0.717, 1.165) is 5.56 Å². The van der Waals surface area contributed by atoms with Crippen LogP contribution in [-0.4, -0.2) is 11.9 Å². The first-order valence-electron chi connectivity index (χ1n) is 6.07. The lowest BCUT2D eigenvalue weighted by molar-refractivity contribution is 0.0912. The van der Waals surface area contributed by atoms with Gasteiger partial charge in [0.2, 0.25) is 0 Å². The Labute approximate surface area is 116 Å². The Balaban J connectivity index is 2.00. The minimum atomic E-state index is -0.614. The number of nitrogens with two attached hydrogens (primary N) is 1. The molecular formula is C14H15N3O3. The molecule has 0 aliphatic rings. The van der Waals surface area contributed by atoms with Crippen LogP contribution in [0.5, 0.6) is 0 Å². The lowest BCUT2D eigenvalue weighted by Gasteiger charge is -2.14. The number of primary amides is 1. The van der Waals surface area contributed by atoms with Crippen molar-refractivity contribution in [3.05, 3.63) is 54.0 Å². The van der Waals surface area contributed by atoms with E-state index in [2.05, 4.69) is 10.6 Å². The molecule has 2 aromatic rings. The molecule has 1 heterocycles. The Morgan fingerprint density at radius 3 is 2.45 bits per heavy atom. The highest BCUT2D eigenvalue weighted by molar-refractivity contribution is 5.91. The van der Waals surface area contributed by atoms with Crippen LogP contribution >= 0.6 is 0 Å². The molecule has 6 heteroatoms. The van der Waals surface area contributed by atoms with Gasteiger partial charge in [-0.15, -0.1) is 0 Å². The van der Waals surface area contributed by atoms with Crippen molar-refractivity contribution in [2.75, 3.05) is 5.32 Å². The van der Waals surface area contributed by atoms with Gasteiger partial charge in [0, 0.05) is 5.69 Å². The molecule has 3 amide bonds. The maximum absolute atomic E-state index is 11.8. The van der Waals surface area contributed by atoms with Gasteiger partial charge in [-0.2, -0.15) is 0 Å². The molecule has 0 aliphatic carbocycles. The number of nitrogens with one attached hydrogen (secondary N) is 2. The second kappa shape index (κ2) is 5.92. The Bertz CT molecular complexity index is 591. The van der Waals surface area contributed by atoms with E-state index in [1.54, 1.807) is 36.4 Å². The topological polar surface area (TPSA) is 97.4 Å². The van der Waals surface area contributed by atoms with Crippen molar-refractivity contribution in [1.82, 2.24) is 5.32 Å². The second-order valence-corrected chi connectivity index (χ2v) is 4.28. The molecule has 1 aromatic carbocycles. The maximum atomic E-state index is 11.8. The number of urea groups is 1. The summed E-state index contributed by atoms with van der Waals surface area (Å²) in [5, 5.41) is 5.28. The Hall–Kier alpha value is -2.76. The van der Waals surface area contributed by atoms with E-state index in [4.69, 9.17) is 10.2 Å². The smallest absolute Gasteiger partial charge is 0.316 e. The van der Waals surface area contributed by atoms with Crippen molar-refractivity contribution < 1.29 is 14.0 Å². The van der Waals surface area contributed by atoms with E-state index in [1.807, 2.05) is 6.92 Å². The molecule has 0 fully saturated rings. The summed E-state index contributed by atoms with van der Waals surface area (Å²) in [7, 11) is 0. The normalized spacial score (nSPS) is 11.7. The van der Waals surface area contributed by atoms with Crippen LogP contribution in [0.15, 0.2) is 47.1 Å². The van der Waals surface area contributed by atoms with Crippen molar-refractivity contribution in [2.45, 2.75) is 13.0 Å². The third-order valence-electron chi connectivity index (χ3n) is 2.77. The van der Waals surface area contributed by atoms with Crippen LogP contribution in [0.3, 0.4) is 0 Å². The highest BCUT2D eigenvalue weighted by Crippen LogP contribution is 2.16. The Kier molecular flexibility index (Phi) is 4.05. The number of benzene rings is 1. The number of amides is 3. The maximum Gasteiger partial charge on any atom is 0.316 e. The minimum Gasteiger partial charge on any atom is -0.459 e. The number of anilines is 1. The highest BCUT2D eigenvalue weighted by atomic mass is 16.3. The summed E-state index contributed by atoms with van der Waals surface area (Å²) in [6.07, 6.45) is 1.45. The summed E-state index contributed by atoms with van der Waals surface area (Å²) in [6.45, 7) is 1.86. The molecule has 6 nitrogen and oxygen atoms in total. The van der Waals surface area contributed by atoms with E-state index in [0.29, 0.717) is 5.69 Å². The molecule has 1 atom stereocenters. The van der Waals surface area contributed by atoms with Crippen LogP contribution in [0.25, 0.3) is 0 Å². The van der Waals surface area contributed by atoms with Gasteiger partial charge >= 0.3 is 6.03 Å². The van der Waals surface area contributed by atoms with Gasteiger partial charge in [0.15, 0.2) is 5.76 Å². The number of hydrogen-bond acceptors (Lipinski definition) is 3. The molecule has 20 heavy (non-hydrogen) atoms. The molecule has 0 saturated heterocycles. The summed E-state index contributed by atoms with van der Waals surface area (Å²) in [6, 6.07) is 9.50. The van der Waals surface area contributed by atoms with E-state index in [1.165, 1.54) is 6.26 Å². The number of carbonyl (C=O) groups excluding carboxylic acids is 2. The van der Waals surface area contributed by atoms with Gasteiger partial charge in [0.25, 0.3) is 5.91 Å². The molecule has 2 rings (SSSR count). The molecule has 0 aliphatic heterocycles. The fraction of sp³-hybridized carbons (Fsp3) is 0.143. The van der Waals surface area contributed by atoms with Gasteiger partial charge in [-0.1, -0.05) is 12.1 Å². The van der Waals surface area contributed by atoms with Gasteiger partial charge < -0.3 is 20.8 Å². The van der Waals surface area contributed by atoms with Crippen molar-refractivity contribution in [1.29, 1.82) is 0 Å². The lowest BCUT2D eigenvalue weighted by atomic mass is 10.1. The van der Waals surface area contributed by atoms with Crippen LogP contribution in [0.4, 0.5) is 10.5 Å². The Morgan fingerprint density at radius 1 is 1.20 bits per heavy atom. The molecule has 0 radical (unpaired) electrons. The largest absolute Gasteiger partial charge is 0.459 e. The predicted octanol–water partition coefficient (Wildman–Crippen LogP) is 2.26. The fourth-order valence-electron chi connectivity index (χ4n) is 1.76. The molecule has 104 valence electrons. The SMILES string of the molecule is CC(NC(=O)c1ccco1)c1ccc(NC(N)=O)cc1. The summed E-state index contributed by atoms with van der Waals surface area (Å²) >= 11 is 0. The van der Waals surface area contributed by atoms with Crippen LogP contribution < -0.4 is 16.4 Å². The number of carbonyl (C=O) groups is 2. The molecular weight excluding hydrogens is 258 g/mol. The average molecular weight is 273 g/mol. The van der Waals surface area contributed by atoms with Gasteiger partial charge in [-0.3, -0.25) is 4.79 Å². The standard InChI is InChI=1S/C14H15N3O3/c1-9(16-13(18)12-3-2-8-20-12)10-4-6-11(7-5-10)17-14(15)19/h2-9H,1H3,(H,16,18)(H3,15,17,19). The molecule has 0 bridgehead atoms. The predicted molar refractivity (Wildman–Crippen MR) is 74.2 cm³/mol. The third kappa shape index (κ3) is 3.38. The number of furan rings is 1. The average Bonchev–Trinajstić information content (AvgIpc) is 2.92. The zero-order valence-corrected chi connectivity index (χ0v) is 10.9. The van der Waals surface area contributed by atoms with Gasteiger partial charge in [0.1, 0.15) is 0 Å². The van der Waals surface area contributed by atoms with Crippen LogP contribution in [0, 0.1) is 0 Å². The fourth-order valence-corrected chi connectivity index (χ4v) is 1.76. The van der Waals surface area contributed by atoms with Crippen molar-refractivity contribution in [3.8, 4) is 0 Å². The first-order valence-corrected chi connectivity index (χ1v) is 6.07. The second-order valence-electron chi connectivity index (χ2n) is 4.28. The minimum absolute atomic E-state index is 0.185.